The Hall–Kier alpha value is -1.38. The summed E-state index contributed by atoms with van der Waals surface area (Å²) in [6.45, 7) is 2.03. The fourth-order valence-electron chi connectivity index (χ4n) is 1.92. The van der Waals surface area contributed by atoms with E-state index in [1.54, 1.807) is 19.2 Å². The van der Waals surface area contributed by atoms with E-state index in [-0.39, 0.29) is 6.04 Å². The minimum atomic E-state index is 0.0301. The molecule has 0 saturated carbocycles. The van der Waals surface area contributed by atoms with Crippen molar-refractivity contribution in [3.63, 3.8) is 0 Å². The largest absolute Gasteiger partial charge is 0.495 e. The quantitative estimate of drug-likeness (QED) is 0.839. The third kappa shape index (κ3) is 3.34. The van der Waals surface area contributed by atoms with Crippen LogP contribution in [0.25, 0.3) is 0 Å². The van der Waals surface area contributed by atoms with E-state index in [1.165, 1.54) is 0 Å². The SMILES string of the molecule is COc1ccccc1NC(C)c1cc(Cl)ccc1Cl. The molecule has 0 saturated heterocycles. The van der Waals surface area contributed by atoms with Gasteiger partial charge in [0.25, 0.3) is 0 Å². The fourth-order valence-corrected chi connectivity index (χ4v) is 2.38. The van der Waals surface area contributed by atoms with E-state index in [0.717, 1.165) is 17.0 Å². The van der Waals surface area contributed by atoms with E-state index < -0.39 is 0 Å². The lowest BCUT2D eigenvalue weighted by molar-refractivity contribution is 0.416. The zero-order valence-electron chi connectivity index (χ0n) is 10.8. The zero-order chi connectivity index (χ0) is 13.8. The number of rotatable bonds is 4. The molecular formula is C15H15Cl2NO. The summed E-state index contributed by atoms with van der Waals surface area (Å²) in [5.74, 6) is 0.799. The molecule has 0 amide bonds. The molecule has 2 aromatic carbocycles. The molecule has 2 aromatic rings. The second-order valence-electron chi connectivity index (χ2n) is 4.23. The van der Waals surface area contributed by atoms with Crippen molar-refractivity contribution in [2.45, 2.75) is 13.0 Å². The Kier molecular flexibility index (Phi) is 4.56. The monoisotopic (exact) mass is 295 g/mol. The summed E-state index contributed by atoms with van der Waals surface area (Å²) < 4.78 is 5.31. The molecule has 0 spiro atoms. The first-order chi connectivity index (χ1) is 9.11. The molecule has 4 heteroatoms. The maximum absolute atomic E-state index is 6.20. The van der Waals surface area contributed by atoms with Crippen molar-refractivity contribution in [3.05, 3.63) is 58.1 Å². The molecule has 0 aliphatic rings. The van der Waals surface area contributed by atoms with Gasteiger partial charge in [-0.2, -0.15) is 0 Å². The highest BCUT2D eigenvalue weighted by atomic mass is 35.5. The zero-order valence-corrected chi connectivity index (χ0v) is 12.3. The van der Waals surface area contributed by atoms with Crippen LogP contribution in [0, 0.1) is 0 Å². The first-order valence-corrected chi connectivity index (χ1v) is 6.72. The molecule has 0 heterocycles. The highest BCUT2D eigenvalue weighted by molar-refractivity contribution is 6.33. The molecule has 0 fully saturated rings. The van der Waals surface area contributed by atoms with E-state index in [4.69, 9.17) is 27.9 Å². The number of hydrogen-bond donors (Lipinski definition) is 1. The Morgan fingerprint density at radius 3 is 2.58 bits per heavy atom. The molecule has 1 N–H and O–H groups in total. The first kappa shape index (κ1) is 14.0. The van der Waals surface area contributed by atoms with Crippen LogP contribution in [0.4, 0.5) is 5.69 Å². The molecule has 19 heavy (non-hydrogen) atoms. The number of nitrogens with one attached hydrogen (secondary N) is 1. The maximum Gasteiger partial charge on any atom is 0.141 e. The predicted octanol–water partition coefficient (Wildman–Crippen LogP) is 5.18. The third-order valence-electron chi connectivity index (χ3n) is 2.90. The van der Waals surface area contributed by atoms with Crippen molar-refractivity contribution in [1.29, 1.82) is 0 Å². The molecule has 0 radical (unpaired) electrons. The molecule has 0 aliphatic heterocycles. The van der Waals surface area contributed by atoms with Gasteiger partial charge >= 0.3 is 0 Å². The van der Waals surface area contributed by atoms with Crippen LogP contribution in [0.2, 0.25) is 10.0 Å². The second-order valence-corrected chi connectivity index (χ2v) is 5.08. The van der Waals surface area contributed by atoms with E-state index in [9.17, 15) is 0 Å². The molecule has 1 atom stereocenters. The van der Waals surface area contributed by atoms with Crippen LogP contribution < -0.4 is 10.1 Å². The lowest BCUT2D eigenvalue weighted by Crippen LogP contribution is -2.08. The van der Waals surface area contributed by atoms with Gasteiger partial charge in [0.05, 0.1) is 18.8 Å². The van der Waals surface area contributed by atoms with E-state index in [1.807, 2.05) is 37.3 Å². The number of benzene rings is 2. The number of halogens is 2. The van der Waals surface area contributed by atoms with Crippen molar-refractivity contribution in [2.75, 3.05) is 12.4 Å². The summed E-state index contributed by atoms with van der Waals surface area (Å²) in [5.41, 5.74) is 1.88. The van der Waals surface area contributed by atoms with Gasteiger partial charge in [-0.3, -0.25) is 0 Å². The Bertz CT molecular complexity index is 572. The van der Waals surface area contributed by atoms with E-state index >= 15 is 0 Å². The van der Waals surface area contributed by atoms with Gasteiger partial charge in [0.15, 0.2) is 0 Å². The Balaban J connectivity index is 2.25. The van der Waals surface area contributed by atoms with Crippen molar-refractivity contribution >= 4 is 28.9 Å². The number of methoxy groups -OCH3 is 1. The minimum absolute atomic E-state index is 0.0301. The number of hydrogen-bond acceptors (Lipinski definition) is 2. The fraction of sp³-hybridized carbons (Fsp3) is 0.200. The number of anilines is 1. The Morgan fingerprint density at radius 1 is 1.11 bits per heavy atom. The summed E-state index contributed by atoms with van der Waals surface area (Å²) in [4.78, 5) is 0. The summed E-state index contributed by atoms with van der Waals surface area (Å²) in [5, 5.41) is 4.75. The molecule has 1 unspecified atom stereocenters. The standard InChI is InChI=1S/C15H15Cl2NO/c1-10(12-9-11(16)7-8-13(12)17)18-14-5-3-4-6-15(14)19-2/h3-10,18H,1-2H3. The molecule has 0 aliphatic carbocycles. The van der Waals surface area contributed by atoms with Gasteiger partial charge < -0.3 is 10.1 Å². The molecule has 2 nitrogen and oxygen atoms in total. The van der Waals surface area contributed by atoms with Crippen LogP contribution in [-0.4, -0.2) is 7.11 Å². The summed E-state index contributed by atoms with van der Waals surface area (Å²) >= 11 is 12.2. The topological polar surface area (TPSA) is 21.3 Å². The highest BCUT2D eigenvalue weighted by Crippen LogP contribution is 2.31. The van der Waals surface area contributed by atoms with Gasteiger partial charge in [-0.1, -0.05) is 35.3 Å². The van der Waals surface area contributed by atoms with E-state index in [2.05, 4.69) is 5.32 Å². The lowest BCUT2D eigenvalue weighted by atomic mass is 10.1. The minimum Gasteiger partial charge on any atom is -0.495 e. The van der Waals surface area contributed by atoms with Gasteiger partial charge in [-0.15, -0.1) is 0 Å². The third-order valence-corrected chi connectivity index (χ3v) is 3.48. The van der Waals surface area contributed by atoms with E-state index in [0.29, 0.717) is 10.0 Å². The van der Waals surface area contributed by atoms with Gasteiger partial charge in [-0.25, -0.2) is 0 Å². The number of ether oxygens (including phenoxy) is 1. The molecule has 2 rings (SSSR count). The van der Waals surface area contributed by atoms with Crippen LogP contribution >= 0.6 is 23.2 Å². The first-order valence-electron chi connectivity index (χ1n) is 5.96. The van der Waals surface area contributed by atoms with Crippen molar-refractivity contribution in [1.82, 2.24) is 0 Å². The van der Waals surface area contributed by atoms with Crippen LogP contribution in [0.3, 0.4) is 0 Å². The van der Waals surface area contributed by atoms with Crippen LogP contribution in [0.15, 0.2) is 42.5 Å². The van der Waals surface area contributed by atoms with Gasteiger partial charge in [0, 0.05) is 10.0 Å². The molecular weight excluding hydrogens is 281 g/mol. The average molecular weight is 296 g/mol. The Labute approximate surface area is 123 Å². The summed E-state index contributed by atoms with van der Waals surface area (Å²) in [6, 6.07) is 13.3. The van der Waals surface area contributed by atoms with Crippen molar-refractivity contribution in [3.8, 4) is 5.75 Å². The molecule has 100 valence electrons. The smallest absolute Gasteiger partial charge is 0.141 e. The van der Waals surface area contributed by atoms with Gasteiger partial charge in [0.2, 0.25) is 0 Å². The average Bonchev–Trinajstić information content (AvgIpc) is 2.42. The predicted molar refractivity (Wildman–Crippen MR) is 81.5 cm³/mol. The number of para-hydroxylation sites is 2. The van der Waals surface area contributed by atoms with Crippen LogP contribution in [0.5, 0.6) is 5.75 Å². The second kappa shape index (κ2) is 6.18. The van der Waals surface area contributed by atoms with Gasteiger partial charge in [0.1, 0.15) is 5.75 Å². The Morgan fingerprint density at radius 2 is 1.84 bits per heavy atom. The van der Waals surface area contributed by atoms with Gasteiger partial charge in [-0.05, 0) is 42.8 Å². The van der Waals surface area contributed by atoms with Crippen molar-refractivity contribution in [2.24, 2.45) is 0 Å². The highest BCUT2D eigenvalue weighted by Gasteiger charge is 2.12. The summed E-state index contributed by atoms with van der Waals surface area (Å²) in [6.07, 6.45) is 0. The van der Waals surface area contributed by atoms with Crippen LogP contribution in [-0.2, 0) is 0 Å². The summed E-state index contributed by atoms with van der Waals surface area (Å²) in [7, 11) is 1.65. The van der Waals surface area contributed by atoms with Crippen molar-refractivity contribution < 1.29 is 4.74 Å². The maximum atomic E-state index is 6.20. The molecule has 0 aromatic heterocycles. The normalized spacial score (nSPS) is 12.0. The van der Waals surface area contributed by atoms with Crippen LogP contribution in [0.1, 0.15) is 18.5 Å². The molecule has 0 bridgehead atoms. The lowest BCUT2D eigenvalue weighted by Gasteiger charge is -2.19.